The van der Waals surface area contributed by atoms with Gasteiger partial charge in [-0.3, -0.25) is 19.5 Å². The number of nitrogens with one attached hydrogen (secondary N) is 1. The Morgan fingerprint density at radius 3 is 2.85 bits per heavy atom. The van der Waals surface area contributed by atoms with E-state index in [1.165, 1.54) is 22.8 Å². The Morgan fingerprint density at radius 1 is 1.30 bits per heavy atom. The van der Waals surface area contributed by atoms with E-state index in [2.05, 4.69) is 16.4 Å². The number of hydrogen-bond donors (Lipinski definition) is 1. The quantitative estimate of drug-likeness (QED) is 0.566. The van der Waals surface area contributed by atoms with Gasteiger partial charge >= 0.3 is 0 Å². The summed E-state index contributed by atoms with van der Waals surface area (Å²) in [6.07, 6.45) is 1.81. The van der Waals surface area contributed by atoms with Gasteiger partial charge in [0.15, 0.2) is 0 Å². The van der Waals surface area contributed by atoms with Crippen LogP contribution >= 0.6 is 0 Å². The number of nitro benzene ring substituents is 1. The van der Waals surface area contributed by atoms with E-state index >= 15 is 0 Å². The first-order valence-corrected chi connectivity index (χ1v) is 8.53. The van der Waals surface area contributed by atoms with Gasteiger partial charge in [0.05, 0.1) is 39.2 Å². The van der Waals surface area contributed by atoms with Crippen LogP contribution in [0.2, 0.25) is 0 Å². The van der Waals surface area contributed by atoms with E-state index in [0.29, 0.717) is 22.6 Å². The molecule has 1 N–H and O–H groups in total. The smallest absolute Gasteiger partial charge is 0.270 e. The van der Waals surface area contributed by atoms with Crippen LogP contribution in [0.1, 0.15) is 30.3 Å². The summed E-state index contributed by atoms with van der Waals surface area (Å²) in [7, 11) is 0. The Hall–Kier alpha value is -3.57. The highest BCUT2D eigenvalue weighted by Crippen LogP contribution is 2.26. The van der Waals surface area contributed by atoms with Gasteiger partial charge < -0.3 is 5.32 Å². The van der Waals surface area contributed by atoms with Crippen LogP contribution in [0, 0.1) is 21.4 Å². The molecule has 1 aliphatic heterocycles. The number of nitriles is 1. The Labute approximate surface area is 153 Å². The molecule has 0 amide bonds. The van der Waals surface area contributed by atoms with Gasteiger partial charge in [-0.05, 0) is 43.7 Å². The number of aromatic nitrogens is 2. The predicted molar refractivity (Wildman–Crippen MR) is 98.7 cm³/mol. The zero-order valence-electron chi connectivity index (χ0n) is 14.3. The van der Waals surface area contributed by atoms with Crippen LogP contribution in [-0.4, -0.2) is 21.0 Å². The van der Waals surface area contributed by atoms with E-state index in [1.807, 2.05) is 0 Å². The van der Waals surface area contributed by atoms with E-state index in [1.54, 1.807) is 24.3 Å². The van der Waals surface area contributed by atoms with Gasteiger partial charge in [0.25, 0.3) is 11.2 Å². The van der Waals surface area contributed by atoms with Gasteiger partial charge in [-0.25, -0.2) is 4.98 Å². The van der Waals surface area contributed by atoms with Crippen molar-refractivity contribution in [3.05, 3.63) is 74.3 Å². The second-order valence-corrected chi connectivity index (χ2v) is 6.38. The molecular formula is C19H15N5O3. The summed E-state index contributed by atoms with van der Waals surface area (Å²) in [6.45, 7) is 0.830. The molecular weight excluding hydrogens is 346 g/mol. The molecule has 3 aromatic rings. The summed E-state index contributed by atoms with van der Waals surface area (Å²) in [5.41, 5.74) is 0.808. The molecule has 1 fully saturated rings. The van der Waals surface area contributed by atoms with Crippen LogP contribution in [0.5, 0.6) is 0 Å². The molecule has 0 saturated carbocycles. The Morgan fingerprint density at radius 2 is 2.15 bits per heavy atom. The summed E-state index contributed by atoms with van der Waals surface area (Å²) < 4.78 is 1.45. The number of benzene rings is 2. The van der Waals surface area contributed by atoms with Crippen molar-refractivity contribution in [3.8, 4) is 11.8 Å². The molecule has 134 valence electrons. The summed E-state index contributed by atoms with van der Waals surface area (Å²) >= 11 is 0. The van der Waals surface area contributed by atoms with E-state index in [0.717, 1.165) is 19.4 Å². The van der Waals surface area contributed by atoms with Crippen molar-refractivity contribution in [2.24, 2.45) is 0 Å². The lowest BCUT2D eigenvalue weighted by Gasteiger charge is -2.18. The van der Waals surface area contributed by atoms with Gasteiger partial charge in [-0.15, -0.1) is 0 Å². The number of hydrogen-bond acceptors (Lipinski definition) is 6. The SMILES string of the molecule is N#Cc1cccc(-n2c([C@H]3CCCN3)nc3ccc([N+](=O)[O-])cc3c2=O)c1. The van der Waals surface area contributed by atoms with Gasteiger partial charge in [-0.2, -0.15) is 5.26 Å². The number of fused-ring (bicyclic) bond motifs is 1. The normalized spacial score (nSPS) is 16.3. The van der Waals surface area contributed by atoms with Crippen molar-refractivity contribution in [2.75, 3.05) is 6.54 Å². The summed E-state index contributed by atoms with van der Waals surface area (Å²) in [4.78, 5) is 28.5. The average molecular weight is 361 g/mol. The highest BCUT2D eigenvalue weighted by Gasteiger charge is 2.24. The van der Waals surface area contributed by atoms with Crippen molar-refractivity contribution in [3.63, 3.8) is 0 Å². The van der Waals surface area contributed by atoms with Gasteiger partial charge in [0.1, 0.15) is 5.82 Å². The molecule has 0 bridgehead atoms. The zero-order valence-corrected chi connectivity index (χ0v) is 14.3. The van der Waals surface area contributed by atoms with Crippen LogP contribution in [0.15, 0.2) is 47.3 Å². The van der Waals surface area contributed by atoms with Crippen molar-refractivity contribution >= 4 is 16.6 Å². The molecule has 4 rings (SSSR count). The molecule has 1 saturated heterocycles. The Bertz CT molecular complexity index is 1160. The summed E-state index contributed by atoms with van der Waals surface area (Å²) in [6, 6.07) is 12.8. The fraction of sp³-hybridized carbons (Fsp3) is 0.211. The molecule has 1 aliphatic rings. The largest absolute Gasteiger partial charge is 0.307 e. The predicted octanol–water partition coefficient (Wildman–Crippen LogP) is 2.59. The molecule has 1 aromatic heterocycles. The molecule has 8 heteroatoms. The average Bonchev–Trinajstić information content (AvgIpc) is 3.22. The second kappa shape index (κ2) is 6.63. The topological polar surface area (TPSA) is 114 Å². The first kappa shape index (κ1) is 16.9. The molecule has 2 aromatic carbocycles. The monoisotopic (exact) mass is 361 g/mol. The molecule has 2 heterocycles. The van der Waals surface area contributed by atoms with Crippen molar-refractivity contribution in [1.29, 1.82) is 5.26 Å². The van der Waals surface area contributed by atoms with E-state index < -0.39 is 4.92 Å². The Kier molecular flexibility index (Phi) is 4.14. The molecule has 0 radical (unpaired) electrons. The lowest BCUT2D eigenvalue weighted by molar-refractivity contribution is -0.384. The van der Waals surface area contributed by atoms with Crippen LogP contribution in [0.25, 0.3) is 16.6 Å². The number of nitrogens with zero attached hydrogens (tertiary/aromatic N) is 4. The van der Waals surface area contributed by atoms with E-state index in [4.69, 9.17) is 0 Å². The van der Waals surface area contributed by atoms with Crippen molar-refractivity contribution in [1.82, 2.24) is 14.9 Å². The molecule has 27 heavy (non-hydrogen) atoms. The molecule has 8 nitrogen and oxygen atoms in total. The third kappa shape index (κ3) is 2.94. The minimum Gasteiger partial charge on any atom is -0.307 e. The minimum atomic E-state index is -0.536. The van der Waals surface area contributed by atoms with Crippen LogP contribution in [0.4, 0.5) is 5.69 Å². The highest BCUT2D eigenvalue weighted by molar-refractivity contribution is 5.80. The van der Waals surface area contributed by atoms with Crippen molar-refractivity contribution < 1.29 is 4.92 Å². The highest BCUT2D eigenvalue weighted by atomic mass is 16.6. The third-order valence-corrected chi connectivity index (χ3v) is 4.69. The summed E-state index contributed by atoms with van der Waals surface area (Å²) in [5, 5.41) is 23.8. The fourth-order valence-corrected chi connectivity index (χ4v) is 3.41. The third-order valence-electron chi connectivity index (χ3n) is 4.69. The number of non-ortho nitro benzene ring substituents is 1. The molecule has 0 spiro atoms. The lowest BCUT2D eigenvalue weighted by atomic mass is 10.1. The van der Waals surface area contributed by atoms with Crippen LogP contribution in [-0.2, 0) is 0 Å². The fourth-order valence-electron chi connectivity index (χ4n) is 3.41. The maximum Gasteiger partial charge on any atom is 0.270 e. The molecule has 0 aliphatic carbocycles. The minimum absolute atomic E-state index is 0.0944. The molecule has 1 atom stereocenters. The maximum absolute atomic E-state index is 13.3. The van der Waals surface area contributed by atoms with Crippen molar-refractivity contribution in [2.45, 2.75) is 18.9 Å². The Balaban J connectivity index is 2.04. The molecule has 0 unspecified atom stereocenters. The zero-order chi connectivity index (χ0) is 19.0. The summed E-state index contributed by atoms with van der Waals surface area (Å²) in [5.74, 6) is 0.550. The van der Waals surface area contributed by atoms with Crippen LogP contribution < -0.4 is 10.9 Å². The van der Waals surface area contributed by atoms with Gasteiger partial charge in [0.2, 0.25) is 0 Å². The van der Waals surface area contributed by atoms with Gasteiger partial charge in [-0.1, -0.05) is 6.07 Å². The maximum atomic E-state index is 13.3. The van der Waals surface area contributed by atoms with E-state index in [9.17, 15) is 20.2 Å². The second-order valence-electron chi connectivity index (χ2n) is 6.38. The first-order valence-electron chi connectivity index (χ1n) is 8.53. The first-order chi connectivity index (χ1) is 13.1. The van der Waals surface area contributed by atoms with Gasteiger partial charge in [0, 0.05) is 12.1 Å². The number of nitro groups is 1. The number of rotatable bonds is 3. The standard InChI is InChI=1S/C19H15N5O3/c20-11-12-3-1-4-13(9-12)23-18(17-5-2-8-21-17)22-16-7-6-14(24(26)27)10-15(16)19(23)25/h1,3-4,6-7,9-10,17,21H,2,5,8H2/t17-/m1/s1. The van der Waals surface area contributed by atoms with E-state index in [-0.39, 0.29) is 22.7 Å². The van der Waals surface area contributed by atoms with Crippen LogP contribution in [0.3, 0.4) is 0 Å². The lowest BCUT2D eigenvalue weighted by Crippen LogP contribution is -2.28.